The minimum absolute atomic E-state index is 0.257. The Bertz CT molecular complexity index is 584. The number of pyridine rings is 1. The average Bonchev–Trinajstić information content (AvgIpc) is 2.49. The van der Waals surface area contributed by atoms with E-state index in [4.69, 9.17) is 5.73 Å². The Morgan fingerprint density at radius 3 is 2.70 bits per heavy atom. The van der Waals surface area contributed by atoms with Crippen LogP contribution in [0.15, 0.2) is 42.6 Å². The Morgan fingerprint density at radius 1 is 1.25 bits per heavy atom. The largest absolute Gasteiger partial charge is 0.350 e. The van der Waals surface area contributed by atoms with Crippen LogP contribution in [0, 0.1) is 5.82 Å². The molecule has 4 nitrogen and oxygen atoms in total. The highest BCUT2D eigenvalue weighted by Crippen LogP contribution is 2.06. The summed E-state index contributed by atoms with van der Waals surface area (Å²) in [6.07, 6.45) is 2.02. The molecule has 0 atom stereocenters. The zero-order valence-corrected chi connectivity index (χ0v) is 11.0. The number of benzene rings is 1. The highest BCUT2D eigenvalue weighted by atomic mass is 19.1. The molecule has 3 N–H and O–H groups in total. The molecule has 5 heteroatoms. The van der Waals surface area contributed by atoms with Crippen LogP contribution >= 0.6 is 0 Å². The molecule has 2 aromatic rings. The monoisotopic (exact) mass is 273 g/mol. The molecule has 1 aromatic carbocycles. The van der Waals surface area contributed by atoms with Crippen molar-refractivity contribution in [1.82, 2.24) is 10.3 Å². The number of nitrogens with one attached hydrogen (secondary N) is 1. The standard InChI is InChI=1S/C15H16FN3O/c16-13-4-2-1-3-12(13)7-8-18-15(20)14-6-5-11(9-17)10-19-14/h1-6,10H,7-9,17H2,(H,18,20). The lowest BCUT2D eigenvalue weighted by Crippen LogP contribution is -2.26. The van der Waals surface area contributed by atoms with Crippen molar-refractivity contribution in [3.63, 3.8) is 0 Å². The molecule has 0 aliphatic carbocycles. The zero-order valence-electron chi connectivity index (χ0n) is 11.0. The number of nitrogens with two attached hydrogens (primary N) is 1. The number of carbonyl (C=O) groups is 1. The molecule has 0 spiro atoms. The number of nitrogens with zero attached hydrogens (tertiary/aromatic N) is 1. The number of aromatic nitrogens is 1. The summed E-state index contributed by atoms with van der Waals surface area (Å²) >= 11 is 0. The first-order valence-electron chi connectivity index (χ1n) is 6.37. The van der Waals surface area contributed by atoms with Gasteiger partial charge in [0, 0.05) is 19.3 Å². The van der Waals surface area contributed by atoms with Crippen molar-refractivity contribution in [3.05, 3.63) is 65.2 Å². The van der Waals surface area contributed by atoms with Gasteiger partial charge >= 0.3 is 0 Å². The van der Waals surface area contributed by atoms with Gasteiger partial charge in [-0.3, -0.25) is 9.78 Å². The van der Waals surface area contributed by atoms with Gasteiger partial charge in [-0.1, -0.05) is 24.3 Å². The Labute approximate surface area is 116 Å². The van der Waals surface area contributed by atoms with Crippen molar-refractivity contribution in [3.8, 4) is 0 Å². The molecule has 2 rings (SSSR count). The van der Waals surface area contributed by atoms with Crippen molar-refractivity contribution in [2.45, 2.75) is 13.0 Å². The Balaban J connectivity index is 1.87. The molecule has 0 bridgehead atoms. The van der Waals surface area contributed by atoms with E-state index < -0.39 is 0 Å². The lowest BCUT2D eigenvalue weighted by atomic mass is 10.1. The molecule has 0 saturated heterocycles. The molecule has 0 saturated carbocycles. The Kier molecular flexibility index (Phi) is 4.79. The van der Waals surface area contributed by atoms with Gasteiger partial charge < -0.3 is 11.1 Å². The summed E-state index contributed by atoms with van der Waals surface area (Å²) in [5.74, 6) is -0.530. The minimum atomic E-state index is -0.273. The topological polar surface area (TPSA) is 68.0 Å². The third kappa shape index (κ3) is 3.61. The first kappa shape index (κ1) is 14.1. The predicted octanol–water partition coefficient (Wildman–Crippen LogP) is 1.65. The fraction of sp³-hybridized carbons (Fsp3) is 0.200. The number of hydrogen-bond acceptors (Lipinski definition) is 3. The number of amides is 1. The van der Waals surface area contributed by atoms with E-state index in [0.717, 1.165) is 5.56 Å². The number of rotatable bonds is 5. The molecular weight excluding hydrogens is 257 g/mol. The van der Waals surface area contributed by atoms with E-state index >= 15 is 0 Å². The Morgan fingerprint density at radius 2 is 2.05 bits per heavy atom. The second-order valence-corrected chi connectivity index (χ2v) is 4.35. The maximum absolute atomic E-state index is 13.4. The number of hydrogen-bond donors (Lipinski definition) is 2. The average molecular weight is 273 g/mol. The number of carbonyl (C=O) groups excluding carboxylic acids is 1. The fourth-order valence-corrected chi connectivity index (χ4v) is 1.78. The van der Waals surface area contributed by atoms with Gasteiger partial charge in [0.05, 0.1) is 0 Å². The molecular formula is C15H16FN3O. The van der Waals surface area contributed by atoms with Crippen LogP contribution in [-0.2, 0) is 13.0 Å². The molecule has 0 aliphatic rings. The lowest BCUT2D eigenvalue weighted by Gasteiger charge is -2.06. The van der Waals surface area contributed by atoms with E-state index in [-0.39, 0.29) is 11.7 Å². The molecule has 1 aromatic heterocycles. The molecule has 20 heavy (non-hydrogen) atoms. The SMILES string of the molecule is NCc1ccc(C(=O)NCCc2ccccc2F)nc1. The quantitative estimate of drug-likeness (QED) is 0.870. The van der Waals surface area contributed by atoms with Gasteiger partial charge in [0.2, 0.25) is 0 Å². The third-order valence-corrected chi connectivity index (χ3v) is 2.93. The molecule has 0 unspecified atom stereocenters. The molecule has 104 valence electrons. The van der Waals surface area contributed by atoms with Gasteiger partial charge in [-0.2, -0.15) is 0 Å². The van der Waals surface area contributed by atoms with Crippen LogP contribution in [0.5, 0.6) is 0 Å². The van der Waals surface area contributed by atoms with Gasteiger partial charge in [0.15, 0.2) is 0 Å². The van der Waals surface area contributed by atoms with E-state index in [0.29, 0.717) is 30.8 Å². The summed E-state index contributed by atoms with van der Waals surface area (Å²) in [4.78, 5) is 15.8. The summed E-state index contributed by atoms with van der Waals surface area (Å²) in [6, 6.07) is 9.91. The van der Waals surface area contributed by atoms with Crippen LogP contribution in [0.2, 0.25) is 0 Å². The maximum Gasteiger partial charge on any atom is 0.269 e. The highest BCUT2D eigenvalue weighted by Gasteiger charge is 2.07. The Hall–Kier alpha value is -2.27. The fourth-order valence-electron chi connectivity index (χ4n) is 1.78. The smallest absolute Gasteiger partial charge is 0.269 e. The van der Waals surface area contributed by atoms with E-state index in [1.165, 1.54) is 6.07 Å². The van der Waals surface area contributed by atoms with Gasteiger partial charge in [0.25, 0.3) is 5.91 Å². The summed E-state index contributed by atoms with van der Waals surface area (Å²) in [7, 11) is 0. The van der Waals surface area contributed by atoms with E-state index in [2.05, 4.69) is 10.3 Å². The summed E-state index contributed by atoms with van der Waals surface area (Å²) in [5, 5.41) is 2.71. The van der Waals surface area contributed by atoms with Gasteiger partial charge in [-0.25, -0.2) is 4.39 Å². The molecule has 0 aliphatic heterocycles. The van der Waals surface area contributed by atoms with Crippen molar-refractivity contribution in [1.29, 1.82) is 0 Å². The lowest BCUT2D eigenvalue weighted by molar-refractivity contribution is 0.0949. The van der Waals surface area contributed by atoms with E-state index in [1.54, 1.807) is 36.5 Å². The summed E-state index contributed by atoms with van der Waals surface area (Å²) in [6.45, 7) is 0.752. The minimum Gasteiger partial charge on any atom is -0.350 e. The van der Waals surface area contributed by atoms with E-state index in [9.17, 15) is 9.18 Å². The van der Waals surface area contributed by atoms with Crippen LogP contribution in [0.3, 0.4) is 0 Å². The van der Waals surface area contributed by atoms with Gasteiger partial charge in [0.1, 0.15) is 11.5 Å². The van der Waals surface area contributed by atoms with Gasteiger partial charge in [-0.15, -0.1) is 0 Å². The van der Waals surface area contributed by atoms with Crippen molar-refractivity contribution in [2.75, 3.05) is 6.54 Å². The third-order valence-electron chi connectivity index (χ3n) is 2.93. The van der Waals surface area contributed by atoms with Crippen LogP contribution in [0.25, 0.3) is 0 Å². The first-order chi connectivity index (χ1) is 9.70. The van der Waals surface area contributed by atoms with Crippen LogP contribution < -0.4 is 11.1 Å². The highest BCUT2D eigenvalue weighted by molar-refractivity contribution is 5.92. The van der Waals surface area contributed by atoms with E-state index in [1.807, 2.05) is 0 Å². The summed E-state index contributed by atoms with van der Waals surface area (Å²) < 4.78 is 13.4. The van der Waals surface area contributed by atoms with Crippen LogP contribution in [0.4, 0.5) is 4.39 Å². The molecule has 1 heterocycles. The molecule has 0 radical (unpaired) electrons. The normalized spacial score (nSPS) is 10.3. The second kappa shape index (κ2) is 6.77. The molecule has 0 fully saturated rings. The van der Waals surface area contributed by atoms with Gasteiger partial charge in [-0.05, 0) is 29.7 Å². The summed E-state index contributed by atoms with van der Waals surface area (Å²) in [5.41, 5.74) is 7.24. The number of halogens is 1. The first-order valence-corrected chi connectivity index (χ1v) is 6.37. The molecule has 1 amide bonds. The maximum atomic E-state index is 13.4. The van der Waals surface area contributed by atoms with Crippen LogP contribution in [-0.4, -0.2) is 17.4 Å². The van der Waals surface area contributed by atoms with Crippen LogP contribution in [0.1, 0.15) is 21.6 Å². The second-order valence-electron chi connectivity index (χ2n) is 4.35. The van der Waals surface area contributed by atoms with Crippen molar-refractivity contribution < 1.29 is 9.18 Å². The predicted molar refractivity (Wildman–Crippen MR) is 74.6 cm³/mol. The van der Waals surface area contributed by atoms with Crippen molar-refractivity contribution in [2.24, 2.45) is 5.73 Å². The van der Waals surface area contributed by atoms with Crippen molar-refractivity contribution >= 4 is 5.91 Å². The zero-order chi connectivity index (χ0) is 14.4.